The highest BCUT2D eigenvalue weighted by atomic mass is 16.3. The van der Waals surface area contributed by atoms with Crippen LogP contribution in [-0.4, -0.2) is 23.9 Å². The number of hydrogen-bond donors (Lipinski definition) is 2. The summed E-state index contributed by atoms with van der Waals surface area (Å²) in [5.41, 5.74) is 3.06. The Morgan fingerprint density at radius 2 is 2.10 bits per heavy atom. The first kappa shape index (κ1) is 15.1. The SMILES string of the molecule is CC(C)(C)C1CCN(Cc2occc2C(=O)NN)CC1. The van der Waals surface area contributed by atoms with Crippen LogP contribution in [0.25, 0.3) is 0 Å². The summed E-state index contributed by atoms with van der Waals surface area (Å²) in [6.07, 6.45) is 3.94. The smallest absolute Gasteiger partial charge is 0.268 e. The number of carbonyl (C=O) groups excluding carboxylic acids is 1. The minimum Gasteiger partial charge on any atom is -0.467 e. The van der Waals surface area contributed by atoms with Gasteiger partial charge in [0.1, 0.15) is 5.76 Å². The zero-order valence-electron chi connectivity index (χ0n) is 12.6. The number of nitrogens with one attached hydrogen (secondary N) is 1. The second kappa shape index (κ2) is 5.97. The molecule has 0 saturated carbocycles. The van der Waals surface area contributed by atoms with E-state index in [2.05, 4.69) is 31.1 Å². The minimum atomic E-state index is -0.293. The van der Waals surface area contributed by atoms with E-state index in [1.807, 2.05) is 0 Å². The maximum atomic E-state index is 11.6. The third kappa shape index (κ3) is 3.41. The molecule has 1 amide bonds. The average Bonchev–Trinajstić information content (AvgIpc) is 2.85. The summed E-state index contributed by atoms with van der Waals surface area (Å²) in [7, 11) is 0. The lowest BCUT2D eigenvalue weighted by Crippen LogP contribution is -2.38. The third-order valence-electron chi connectivity index (χ3n) is 4.30. The maximum Gasteiger partial charge on any atom is 0.268 e. The Labute approximate surface area is 120 Å². The Bertz CT molecular complexity index is 454. The van der Waals surface area contributed by atoms with Gasteiger partial charge in [0.05, 0.1) is 18.4 Å². The quantitative estimate of drug-likeness (QED) is 0.505. The molecule has 3 N–H and O–H groups in total. The predicted octanol–water partition coefficient (Wildman–Crippen LogP) is 2.14. The van der Waals surface area contributed by atoms with Crippen molar-refractivity contribution in [1.82, 2.24) is 10.3 Å². The number of amides is 1. The first-order valence-electron chi connectivity index (χ1n) is 7.21. The van der Waals surface area contributed by atoms with Crippen LogP contribution in [0.3, 0.4) is 0 Å². The number of nitrogens with two attached hydrogens (primary N) is 1. The van der Waals surface area contributed by atoms with E-state index in [4.69, 9.17) is 10.3 Å². The lowest BCUT2D eigenvalue weighted by Gasteiger charge is -2.38. The van der Waals surface area contributed by atoms with Crippen LogP contribution in [-0.2, 0) is 6.54 Å². The first-order chi connectivity index (χ1) is 9.41. The van der Waals surface area contributed by atoms with E-state index >= 15 is 0 Å². The summed E-state index contributed by atoms with van der Waals surface area (Å²) in [4.78, 5) is 13.9. The fourth-order valence-corrected chi connectivity index (χ4v) is 2.90. The molecule has 0 spiro atoms. The minimum absolute atomic E-state index is 0.293. The van der Waals surface area contributed by atoms with E-state index in [1.54, 1.807) is 12.3 Å². The van der Waals surface area contributed by atoms with Gasteiger partial charge in [0, 0.05) is 0 Å². The molecule has 1 aromatic rings. The van der Waals surface area contributed by atoms with Gasteiger partial charge >= 0.3 is 0 Å². The Hall–Kier alpha value is -1.33. The number of nitrogen functional groups attached to an aromatic ring is 1. The van der Waals surface area contributed by atoms with Crippen LogP contribution in [0, 0.1) is 11.3 Å². The highest BCUT2D eigenvalue weighted by Gasteiger charge is 2.29. The van der Waals surface area contributed by atoms with Gasteiger partial charge in [-0.1, -0.05) is 20.8 Å². The fraction of sp³-hybridized carbons (Fsp3) is 0.667. The zero-order valence-corrected chi connectivity index (χ0v) is 12.6. The molecule has 20 heavy (non-hydrogen) atoms. The molecule has 5 nitrogen and oxygen atoms in total. The van der Waals surface area contributed by atoms with Crippen molar-refractivity contribution in [3.8, 4) is 0 Å². The van der Waals surface area contributed by atoms with Gasteiger partial charge in [0.15, 0.2) is 0 Å². The van der Waals surface area contributed by atoms with Crippen molar-refractivity contribution >= 4 is 5.91 Å². The van der Waals surface area contributed by atoms with Crippen molar-refractivity contribution in [3.63, 3.8) is 0 Å². The largest absolute Gasteiger partial charge is 0.467 e. The molecular formula is C15H25N3O2. The summed E-state index contributed by atoms with van der Waals surface area (Å²) in [6.45, 7) is 9.70. The van der Waals surface area contributed by atoms with E-state index in [-0.39, 0.29) is 5.91 Å². The second-order valence-corrected chi connectivity index (χ2v) is 6.65. The van der Waals surface area contributed by atoms with E-state index in [0.717, 1.165) is 19.0 Å². The molecule has 2 heterocycles. The first-order valence-corrected chi connectivity index (χ1v) is 7.21. The molecule has 5 heteroatoms. The molecule has 0 unspecified atom stereocenters. The van der Waals surface area contributed by atoms with E-state index in [1.165, 1.54) is 12.8 Å². The van der Waals surface area contributed by atoms with Crippen LogP contribution >= 0.6 is 0 Å². The van der Waals surface area contributed by atoms with Gasteiger partial charge in [-0.3, -0.25) is 15.1 Å². The standard InChI is InChI=1S/C15H25N3O2/c1-15(2,3)11-4-7-18(8-5-11)10-13-12(6-9-20-13)14(19)17-16/h6,9,11H,4-5,7-8,10,16H2,1-3H3,(H,17,19). The zero-order chi connectivity index (χ0) is 14.8. The van der Waals surface area contributed by atoms with Gasteiger partial charge in [-0.15, -0.1) is 0 Å². The number of hydrazine groups is 1. The van der Waals surface area contributed by atoms with Gasteiger partial charge in [0.2, 0.25) is 0 Å². The molecule has 0 aromatic carbocycles. The summed E-state index contributed by atoms with van der Waals surface area (Å²) in [6, 6.07) is 1.67. The van der Waals surface area contributed by atoms with Crippen LogP contribution < -0.4 is 11.3 Å². The Morgan fingerprint density at radius 3 is 2.65 bits per heavy atom. The number of piperidine rings is 1. The number of hydrogen-bond acceptors (Lipinski definition) is 4. The predicted molar refractivity (Wildman–Crippen MR) is 77.8 cm³/mol. The number of carbonyl (C=O) groups is 1. The van der Waals surface area contributed by atoms with Crippen LogP contribution in [0.5, 0.6) is 0 Å². The van der Waals surface area contributed by atoms with E-state index in [9.17, 15) is 4.79 Å². The lowest BCUT2D eigenvalue weighted by atomic mass is 9.75. The average molecular weight is 279 g/mol. The van der Waals surface area contributed by atoms with Gasteiger partial charge in [-0.25, -0.2) is 5.84 Å². The molecule has 1 aliphatic rings. The van der Waals surface area contributed by atoms with Crippen molar-refractivity contribution in [3.05, 3.63) is 23.7 Å². The molecule has 2 rings (SSSR count). The van der Waals surface area contributed by atoms with Crippen molar-refractivity contribution in [1.29, 1.82) is 0 Å². The van der Waals surface area contributed by atoms with Crippen molar-refractivity contribution < 1.29 is 9.21 Å². The molecule has 0 aliphatic carbocycles. The van der Waals surface area contributed by atoms with Crippen LogP contribution in [0.4, 0.5) is 0 Å². The summed E-state index contributed by atoms with van der Waals surface area (Å²) >= 11 is 0. The molecule has 1 aromatic heterocycles. The normalized spacial score (nSPS) is 18.2. The van der Waals surface area contributed by atoms with Gasteiger partial charge in [0.25, 0.3) is 5.91 Å². The summed E-state index contributed by atoms with van der Waals surface area (Å²) < 4.78 is 5.43. The van der Waals surface area contributed by atoms with Crippen molar-refractivity contribution in [2.24, 2.45) is 17.2 Å². The van der Waals surface area contributed by atoms with E-state index < -0.39 is 0 Å². The highest BCUT2D eigenvalue weighted by Crippen LogP contribution is 2.34. The molecule has 0 radical (unpaired) electrons. The lowest BCUT2D eigenvalue weighted by molar-refractivity contribution is 0.0936. The van der Waals surface area contributed by atoms with Crippen molar-refractivity contribution in [2.75, 3.05) is 13.1 Å². The molecule has 1 aliphatic heterocycles. The molecular weight excluding hydrogens is 254 g/mol. The number of furan rings is 1. The van der Waals surface area contributed by atoms with Crippen LogP contribution in [0.15, 0.2) is 16.7 Å². The van der Waals surface area contributed by atoms with Crippen LogP contribution in [0.1, 0.15) is 49.7 Å². The molecule has 112 valence electrons. The van der Waals surface area contributed by atoms with E-state index in [0.29, 0.717) is 23.3 Å². The summed E-state index contributed by atoms with van der Waals surface area (Å²) in [5, 5.41) is 0. The molecule has 0 bridgehead atoms. The maximum absolute atomic E-state index is 11.6. The Kier molecular flexibility index (Phi) is 4.50. The second-order valence-electron chi connectivity index (χ2n) is 6.65. The number of likely N-dealkylation sites (tertiary alicyclic amines) is 1. The van der Waals surface area contributed by atoms with Gasteiger partial charge in [-0.2, -0.15) is 0 Å². The summed E-state index contributed by atoms with van der Waals surface area (Å²) in [5.74, 6) is 6.35. The Balaban J connectivity index is 1.93. The van der Waals surface area contributed by atoms with Gasteiger partial charge in [-0.05, 0) is 43.3 Å². The molecule has 1 saturated heterocycles. The fourth-order valence-electron chi connectivity index (χ4n) is 2.90. The monoisotopic (exact) mass is 279 g/mol. The topological polar surface area (TPSA) is 71.5 Å². The Morgan fingerprint density at radius 1 is 1.45 bits per heavy atom. The van der Waals surface area contributed by atoms with Gasteiger partial charge < -0.3 is 4.42 Å². The molecule has 0 atom stereocenters. The highest BCUT2D eigenvalue weighted by molar-refractivity contribution is 5.94. The number of nitrogens with zero attached hydrogens (tertiary/aromatic N) is 1. The van der Waals surface area contributed by atoms with Crippen molar-refractivity contribution in [2.45, 2.75) is 40.2 Å². The van der Waals surface area contributed by atoms with Crippen LogP contribution in [0.2, 0.25) is 0 Å². The number of rotatable bonds is 3. The molecule has 1 fully saturated rings. The third-order valence-corrected chi connectivity index (χ3v) is 4.30.